The summed E-state index contributed by atoms with van der Waals surface area (Å²) in [4.78, 5) is 39.6. The molecule has 0 atom stereocenters. The lowest BCUT2D eigenvalue weighted by atomic mass is 10.1. The summed E-state index contributed by atoms with van der Waals surface area (Å²) in [5.74, 6) is -1.11. The summed E-state index contributed by atoms with van der Waals surface area (Å²) in [7, 11) is 0. The van der Waals surface area contributed by atoms with E-state index in [1.54, 1.807) is 24.3 Å². The molecule has 2 amide bonds. The average Bonchev–Trinajstić information content (AvgIpc) is 2.85. The number of ether oxygens (including phenoxy) is 1. The van der Waals surface area contributed by atoms with Gasteiger partial charge < -0.3 is 9.57 Å². The minimum absolute atomic E-state index is 0.0714. The molecule has 0 radical (unpaired) electrons. The molecule has 2 rings (SSSR count). The molecule has 0 bridgehead atoms. The maximum atomic E-state index is 11.9. The molecule has 0 unspecified atom stereocenters. The van der Waals surface area contributed by atoms with Gasteiger partial charge in [-0.2, -0.15) is 0 Å². The third-order valence-corrected chi connectivity index (χ3v) is 4.29. The van der Waals surface area contributed by atoms with Gasteiger partial charge in [0.1, 0.15) is 0 Å². The Labute approximate surface area is 143 Å². The molecule has 8 heteroatoms. The molecular formula is C15H15NO5S2. The molecule has 0 saturated carbocycles. The van der Waals surface area contributed by atoms with Crippen LogP contribution in [-0.4, -0.2) is 33.8 Å². The van der Waals surface area contributed by atoms with Gasteiger partial charge in [0.2, 0.25) is 4.38 Å². The average molecular weight is 353 g/mol. The van der Waals surface area contributed by atoms with Gasteiger partial charge >= 0.3 is 5.97 Å². The van der Waals surface area contributed by atoms with Crippen LogP contribution >= 0.6 is 24.0 Å². The van der Waals surface area contributed by atoms with E-state index in [2.05, 4.69) is 0 Å². The Kier molecular flexibility index (Phi) is 6.12. The van der Waals surface area contributed by atoms with E-state index in [0.29, 0.717) is 21.8 Å². The van der Waals surface area contributed by atoms with Crippen molar-refractivity contribution in [1.29, 1.82) is 0 Å². The second kappa shape index (κ2) is 8.07. The van der Waals surface area contributed by atoms with Crippen LogP contribution in [0, 0.1) is 0 Å². The lowest BCUT2D eigenvalue weighted by Gasteiger charge is -2.12. The number of benzene rings is 1. The molecule has 1 aromatic rings. The minimum Gasteiger partial charge on any atom is -0.479 e. The predicted octanol–water partition coefficient (Wildman–Crippen LogP) is 2.46. The van der Waals surface area contributed by atoms with Gasteiger partial charge in [0.05, 0.1) is 12.2 Å². The number of imide groups is 1. The van der Waals surface area contributed by atoms with Crippen LogP contribution in [0.1, 0.15) is 35.7 Å². The largest absolute Gasteiger partial charge is 0.479 e. The zero-order chi connectivity index (χ0) is 16.8. The maximum absolute atomic E-state index is 11.9. The Bertz CT molecular complexity index is 613. The molecule has 1 heterocycles. The lowest BCUT2D eigenvalue weighted by Crippen LogP contribution is -2.32. The number of rotatable bonds is 5. The van der Waals surface area contributed by atoms with Gasteiger partial charge in [0.25, 0.3) is 11.8 Å². The first-order valence-electron chi connectivity index (χ1n) is 6.98. The molecule has 1 fully saturated rings. The highest BCUT2D eigenvalue weighted by molar-refractivity contribution is 8.22. The van der Waals surface area contributed by atoms with Crippen LogP contribution < -0.4 is 0 Å². The number of carbonyl (C=O) groups excluding carboxylic acids is 3. The van der Waals surface area contributed by atoms with E-state index in [4.69, 9.17) is 21.8 Å². The molecule has 122 valence electrons. The molecule has 0 aromatic heterocycles. The zero-order valence-electron chi connectivity index (χ0n) is 12.4. The Morgan fingerprint density at radius 2 is 1.83 bits per heavy atom. The molecule has 0 N–H and O–H groups in total. The van der Waals surface area contributed by atoms with E-state index in [-0.39, 0.29) is 18.4 Å². The van der Waals surface area contributed by atoms with Crippen molar-refractivity contribution in [2.24, 2.45) is 0 Å². The van der Waals surface area contributed by atoms with Crippen molar-refractivity contribution in [3.05, 3.63) is 35.4 Å². The van der Waals surface area contributed by atoms with Crippen molar-refractivity contribution in [1.82, 2.24) is 5.06 Å². The summed E-state index contributed by atoms with van der Waals surface area (Å²) in [5, 5.41) is 0.534. The van der Waals surface area contributed by atoms with Gasteiger partial charge in [-0.05, 0) is 36.8 Å². The first-order valence-corrected chi connectivity index (χ1v) is 8.37. The third kappa shape index (κ3) is 4.77. The van der Waals surface area contributed by atoms with Crippen LogP contribution in [0.15, 0.2) is 24.3 Å². The smallest absolute Gasteiger partial charge is 0.363 e. The molecule has 1 aromatic carbocycles. The van der Waals surface area contributed by atoms with Gasteiger partial charge in [-0.1, -0.05) is 23.9 Å². The van der Waals surface area contributed by atoms with Crippen LogP contribution in [0.3, 0.4) is 0 Å². The molecular weight excluding hydrogens is 338 g/mol. The van der Waals surface area contributed by atoms with Crippen LogP contribution in [0.5, 0.6) is 0 Å². The highest BCUT2D eigenvalue weighted by atomic mass is 32.2. The molecule has 0 spiro atoms. The summed E-state index contributed by atoms with van der Waals surface area (Å²) in [6.45, 7) is 2.40. The SMILES string of the molecule is CCOC(=S)SCc1ccc(C(=O)ON2C(=O)CCC2=O)cc1. The number of carbonyl (C=O) groups is 3. The fraction of sp³-hybridized carbons (Fsp3) is 0.333. The number of amides is 2. The van der Waals surface area contributed by atoms with Crippen molar-refractivity contribution in [2.45, 2.75) is 25.5 Å². The maximum Gasteiger partial charge on any atom is 0.363 e. The number of hydroxylamine groups is 2. The number of nitrogens with zero attached hydrogens (tertiary/aromatic N) is 1. The monoisotopic (exact) mass is 353 g/mol. The van der Waals surface area contributed by atoms with Gasteiger partial charge in [-0.15, -0.1) is 5.06 Å². The highest BCUT2D eigenvalue weighted by Gasteiger charge is 2.33. The molecule has 23 heavy (non-hydrogen) atoms. The van der Waals surface area contributed by atoms with E-state index in [9.17, 15) is 14.4 Å². The second-order valence-electron chi connectivity index (χ2n) is 4.63. The molecule has 1 saturated heterocycles. The van der Waals surface area contributed by atoms with Crippen molar-refractivity contribution in [2.75, 3.05) is 6.61 Å². The van der Waals surface area contributed by atoms with E-state index in [1.165, 1.54) is 11.8 Å². The van der Waals surface area contributed by atoms with E-state index < -0.39 is 17.8 Å². The van der Waals surface area contributed by atoms with Crippen LogP contribution in [0.4, 0.5) is 0 Å². The lowest BCUT2D eigenvalue weighted by molar-refractivity contribution is -0.172. The summed E-state index contributed by atoms with van der Waals surface area (Å²) in [5.41, 5.74) is 1.22. The van der Waals surface area contributed by atoms with E-state index >= 15 is 0 Å². The fourth-order valence-corrected chi connectivity index (χ4v) is 2.81. The van der Waals surface area contributed by atoms with Gasteiger partial charge in [0, 0.05) is 18.6 Å². The Morgan fingerprint density at radius 3 is 2.39 bits per heavy atom. The second-order valence-corrected chi connectivity index (χ2v) is 6.21. The van der Waals surface area contributed by atoms with Crippen molar-refractivity contribution < 1.29 is 24.0 Å². The first kappa shape index (κ1) is 17.4. The van der Waals surface area contributed by atoms with Crippen LogP contribution in [-0.2, 0) is 24.9 Å². The predicted molar refractivity (Wildman–Crippen MR) is 88.5 cm³/mol. The van der Waals surface area contributed by atoms with Crippen molar-refractivity contribution in [3.63, 3.8) is 0 Å². The standard InChI is InChI=1S/C15H15NO5S2/c1-2-20-15(22)23-9-10-3-5-11(6-4-10)14(19)21-16-12(17)7-8-13(16)18/h3-6H,2,7-9H2,1H3. The fourth-order valence-electron chi connectivity index (χ4n) is 1.83. The Morgan fingerprint density at radius 1 is 1.22 bits per heavy atom. The topological polar surface area (TPSA) is 72.9 Å². The van der Waals surface area contributed by atoms with Gasteiger partial charge in [0.15, 0.2) is 0 Å². The Balaban J connectivity index is 1.91. The summed E-state index contributed by atoms with van der Waals surface area (Å²) < 4.78 is 5.65. The van der Waals surface area contributed by atoms with Crippen LogP contribution in [0.2, 0.25) is 0 Å². The third-order valence-electron chi connectivity index (χ3n) is 2.99. The van der Waals surface area contributed by atoms with E-state index in [0.717, 1.165) is 5.56 Å². The van der Waals surface area contributed by atoms with Gasteiger partial charge in [-0.25, -0.2) is 4.79 Å². The minimum atomic E-state index is -0.738. The van der Waals surface area contributed by atoms with Crippen LogP contribution in [0.25, 0.3) is 0 Å². The molecule has 1 aliphatic rings. The quantitative estimate of drug-likeness (QED) is 0.595. The summed E-state index contributed by atoms with van der Waals surface area (Å²) >= 11 is 6.41. The normalized spacial score (nSPS) is 14.0. The number of thiocarbonyl (C=S) groups is 1. The molecule has 1 aliphatic heterocycles. The van der Waals surface area contributed by atoms with Gasteiger partial charge in [-0.3, -0.25) is 9.59 Å². The number of hydrogen-bond acceptors (Lipinski definition) is 7. The summed E-state index contributed by atoms with van der Waals surface area (Å²) in [6, 6.07) is 6.66. The zero-order valence-corrected chi connectivity index (χ0v) is 14.1. The van der Waals surface area contributed by atoms with Crippen molar-refractivity contribution >= 4 is 46.1 Å². The van der Waals surface area contributed by atoms with Crippen molar-refractivity contribution in [3.8, 4) is 0 Å². The number of hydrogen-bond donors (Lipinski definition) is 0. The molecule has 6 nitrogen and oxygen atoms in total. The van der Waals surface area contributed by atoms with E-state index in [1.807, 2.05) is 6.92 Å². The molecule has 0 aliphatic carbocycles. The highest BCUT2D eigenvalue weighted by Crippen LogP contribution is 2.17. The Hall–Kier alpha value is -1.93. The summed E-state index contributed by atoms with van der Waals surface area (Å²) in [6.07, 6.45) is 0.143. The first-order chi connectivity index (χ1) is 11.0. The number of thioether (sulfide) groups is 1.